The lowest BCUT2D eigenvalue weighted by atomic mass is 9.83. The molecule has 1 N–H and O–H groups in total. The van der Waals surface area contributed by atoms with Crippen LogP contribution in [0.3, 0.4) is 0 Å². The molecule has 118 valence electrons. The molecule has 0 saturated carbocycles. The fourth-order valence-corrected chi connectivity index (χ4v) is 3.06. The second kappa shape index (κ2) is 6.50. The van der Waals surface area contributed by atoms with E-state index in [1.54, 1.807) is 12.3 Å². The molecule has 1 unspecified atom stereocenters. The number of aromatic nitrogens is 1. The molecule has 1 aromatic heterocycles. The average molecular weight is 331 g/mol. The molecule has 0 saturated heterocycles. The van der Waals surface area contributed by atoms with E-state index in [0.717, 1.165) is 23.3 Å². The summed E-state index contributed by atoms with van der Waals surface area (Å²) in [7, 11) is 0. The number of fused-ring (bicyclic) bond motifs is 1. The van der Waals surface area contributed by atoms with Crippen molar-refractivity contribution >= 4 is 23.1 Å². The van der Waals surface area contributed by atoms with Crippen molar-refractivity contribution in [2.75, 3.05) is 0 Å². The molecule has 0 fully saturated rings. The number of halogens is 2. The number of carbonyl (C=O) groups is 1. The summed E-state index contributed by atoms with van der Waals surface area (Å²) in [4.78, 5) is 16.9. The molecule has 0 spiro atoms. The molecule has 2 aromatic rings. The van der Waals surface area contributed by atoms with E-state index in [1.807, 2.05) is 12.1 Å². The van der Waals surface area contributed by atoms with E-state index < -0.39 is 5.82 Å². The maximum atomic E-state index is 13.1. The maximum absolute atomic E-state index is 13.1. The molecule has 0 aliphatic heterocycles. The molecular weight excluding hydrogens is 315 g/mol. The van der Waals surface area contributed by atoms with Gasteiger partial charge in [-0.25, -0.2) is 4.39 Å². The van der Waals surface area contributed by atoms with Crippen molar-refractivity contribution < 1.29 is 9.18 Å². The number of hydrogen-bond donors (Lipinski definition) is 1. The van der Waals surface area contributed by atoms with Crippen LogP contribution in [0.4, 0.5) is 4.39 Å². The van der Waals surface area contributed by atoms with Crippen molar-refractivity contribution in [1.82, 2.24) is 10.3 Å². The summed E-state index contributed by atoms with van der Waals surface area (Å²) in [5, 5.41) is 3.19. The van der Waals surface area contributed by atoms with Crippen LogP contribution < -0.4 is 5.32 Å². The average Bonchev–Trinajstić information content (AvgIpc) is 2.54. The van der Waals surface area contributed by atoms with Gasteiger partial charge < -0.3 is 5.32 Å². The van der Waals surface area contributed by atoms with Crippen LogP contribution in [0.25, 0.3) is 5.57 Å². The molecule has 23 heavy (non-hydrogen) atoms. The minimum atomic E-state index is -0.393. The van der Waals surface area contributed by atoms with Crippen LogP contribution in [-0.4, -0.2) is 10.9 Å². The predicted octanol–water partition coefficient (Wildman–Crippen LogP) is 4.08. The third kappa shape index (κ3) is 3.27. The highest BCUT2D eigenvalue weighted by Gasteiger charge is 2.28. The largest absolute Gasteiger partial charge is 0.351 e. The summed E-state index contributed by atoms with van der Waals surface area (Å²) in [5.41, 5.74) is 3.38. The van der Waals surface area contributed by atoms with Gasteiger partial charge in [0.05, 0.1) is 11.6 Å². The fraction of sp³-hybridized carbons (Fsp3) is 0.222. The molecule has 1 atom stereocenters. The first kappa shape index (κ1) is 15.7. The second-order valence-corrected chi connectivity index (χ2v) is 6.00. The van der Waals surface area contributed by atoms with Crippen LogP contribution in [0.1, 0.15) is 35.6 Å². The van der Waals surface area contributed by atoms with Gasteiger partial charge in [0.2, 0.25) is 5.91 Å². The Labute approximate surface area is 139 Å². The third-order valence-electron chi connectivity index (χ3n) is 4.07. The van der Waals surface area contributed by atoms with E-state index in [9.17, 15) is 9.18 Å². The van der Waals surface area contributed by atoms with E-state index in [-0.39, 0.29) is 18.4 Å². The number of hydrogen-bond acceptors (Lipinski definition) is 2. The highest BCUT2D eigenvalue weighted by molar-refractivity contribution is 6.31. The van der Waals surface area contributed by atoms with Gasteiger partial charge in [0.25, 0.3) is 0 Å². The van der Waals surface area contributed by atoms with Crippen molar-refractivity contribution in [2.24, 2.45) is 0 Å². The Bertz CT molecular complexity index is 775. The summed E-state index contributed by atoms with van der Waals surface area (Å²) in [6, 6.07) is 7.90. The summed E-state index contributed by atoms with van der Waals surface area (Å²) >= 11 is 5.99. The normalized spacial score (nSPS) is 16.8. The SMILES string of the molecule is C=C1CCC(C(=O)NCc2ccc(F)cc2Cl)c2cccnc21. The predicted molar refractivity (Wildman–Crippen MR) is 88.5 cm³/mol. The van der Waals surface area contributed by atoms with E-state index >= 15 is 0 Å². The molecule has 0 bridgehead atoms. The van der Waals surface area contributed by atoms with Crippen molar-refractivity contribution in [2.45, 2.75) is 25.3 Å². The quantitative estimate of drug-likeness (QED) is 0.921. The van der Waals surface area contributed by atoms with Gasteiger partial charge in [0.1, 0.15) is 5.82 Å². The number of benzene rings is 1. The molecule has 1 amide bonds. The van der Waals surface area contributed by atoms with Crippen molar-refractivity contribution in [3.8, 4) is 0 Å². The molecule has 3 nitrogen and oxygen atoms in total. The van der Waals surface area contributed by atoms with Gasteiger partial charge in [0, 0.05) is 17.8 Å². The summed E-state index contributed by atoms with van der Waals surface area (Å²) in [6.07, 6.45) is 3.17. The van der Waals surface area contributed by atoms with Gasteiger partial charge in [-0.15, -0.1) is 0 Å². The Kier molecular flexibility index (Phi) is 4.44. The molecule has 1 aromatic carbocycles. The molecule has 5 heteroatoms. The maximum Gasteiger partial charge on any atom is 0.227 e. The Morgan fingerprint density at radius 1 is 1.43 bits per heavy atom. The fourth-order valence-electron chi connectivity index (χ4n) is 2.83. The monoisotopic (exact) mass is 330 g/mol. The van der Waals surface area contributed by atoms with Crippen molar-refractivity contribution in [1.29, 1.82) is 0 Å². The highest BCUT2D eigenvalue weighted by atomic mass is 35.5. The zero-order valence-electron chi connectivity index (χ0n) is 12.5. The van der Waals surface area contributed by atoms with Gasteiger partial charge >= 0.3 is 0 Å². The summed E-state index contributed by atoms with van der Waals surface area (Å²) < 4.78 is 13.1. The molecule has 3 rings (SSSR count). The van der Waals surface area contributed by atoms with E-state index in [1.165, 1.54) is 12.1 Å². The Hall–Kier alpha value is -2.20. The highest BCUT2D eigenvalue weighted by Crippen LogP contribution is 2.36. The standard InChI is InChI=1S/C18H16ClFN2O/c1-11-4-7-15(14-3-2-8-21-17(11)14)18(23)22-10-12-5-6-13(20)9-16(12)19/h2-3,5-6,8-9,15H,1,4,7,10H2,(H,22,23). The van der Waals surface area contributed by atoms with Gasteiger partial charge in [-0.2, -0.15) is 0 Å². The smallest absolute Gasteiger partial charge is 0.227 e. The van der Waals surface area contributed by atoms with Crippen LogP contribution in [0.2, 0.25) is 5.02 Å². The molecule has 1 aliphatic carbocycles. The summed E-state index contributed by atoms with van der Waals surface area (Å²) in [6.45, 7) is 4.28. The molecule has 0 radical (unpaired) electrons. The van der Waals surface area contributed by atoms with Crippen LogP contribution in [0.15, 0.2) is 43.1 Å². The van der Waals surface area contributed by atoms with Crippen LogP contribution >= 0.6 is 11.6 Å². The van der Waals surface area contributed by atoms with Gasteiger partial charge in [0.15, 0.2) is 0 Å². The Balaban J connectivity index is 1.74. The molecular formula is C18H16ClFN2O. The number of allylic oxidation sites excluding steroid dienone is 1. The second-order valence-electron chi connectivity index (χ2n) is 5.59. The minimum absolute atomic E-state index is 0.0767. The number of rotatable bonds is 3. The lowest BCUT2D eigenvalue weighted by molar-refractivity contribution is -0.122. The van der Waals surface area contributed by atoms with E-state index in [0.29, 0.717) is 17.0 Å². The molecule has 1 heterocycles. The zero-order valence-corrected chi connectivity index (χ0v) is 13.2. The third-order valence-corrected chi connectivity index (χ3v) is 4.42. The number of pyridine rings is 1. The topological polar surface area (TPSA) is 42.0 Å². The van der Waals surface area contributed by atoms with Gasteiger partial charge in [-0.3, -0.25) is 9.78 Å². The first-order chi connectivity index (χ1) is 11.1. The van der Waals surface area contributed by atoms with Crippen molar-refractivity contribution in [3.05, 3.63) is 70.8 Å². The number of amides is 1. The van der Waals surface area contributed by atoms with Gasteiger partial charge in [-0.1, -0.05) is 30.3 Å². The van der Waals surface area contributed by atoms with Crippen LogP contribution in [0, 0.1) is 5.82 Å². The van der Waals surface area contributed by atoms with E-state index in [4.69, 9.17) is 11.6 Å². The Morgan fingerprint density at radius 2 is 2.26 bits per heavy atom. The lowest BCUT2D eigenvalue weighted by Gasteiger charge is -2.25. The summed E-state index contributed by atoms with van der Waals surface area (Å²) in [5.74, 6) is -0.716. The first-order valence-electron chi connectivity index (χ1n) is 7.41. The van der Waals surface area contributed by atoms with Gasteiger partial charge in [-0.05, 0) is 47.7 Å². The zero-order chi connectivity index (χ0) is 16.4. The number of nitrogens with one attached hydrogen (secondary N) is 1. The number of carbonyl (C=O) groups excluding carboxylic acids is 1. The molecule has 1 aliphatic rings. The van der Waals surface area contributed by atoms with Crippen LogP contribution in [-0.2, 0) is 11.3 Å². The minimum Gasteiger partial charge on any atom is -0.351 e. The van der Waals surface area contributed by atoms with E-state index in [2.05, 4.69) is 16.9 Å². The Morgan fingerprint density at radius 3 is 3.04 bits per heavy atom. The number of nitrogens with zero attached hydrogens (tertiary/aromatic N) is 1. The lowest BCUT2D eigenvalue weighted by Crippen LogP contribution is -2.31. The van der Waals surface area contributed by atoms with Crippen molar-refractivity contribution in [3.63, 3.8) is 0 Å². The van der Waals surface area contributed by atoms with Crippen LogP contribution in [0.5, 0.6) is 0 Å². The first-order valence-corrected chi connectivity index (χ1v) is 7.79.